The second-order valence-corrected chi connectivity index (χ2v) is 4.39. The van der Waals surface area contributed by atoms with E-state index in [-0.39, 0.29) is 6.42 Å². The summed E-state index contributed by atoms with van der Waals surface area (Å²) in [7, 11) is 1.33. The lowest BCUT2D eigenvalue weighted by atomic mass is 9.99. The van der Waals surface area contributed by atoms with Crippen molar-refractivity contribution in [2.75, 3.05) is 7.11 Å². The number of carbonyl (C=O) groups is 2. The Morgan fingerprint density at radius 2 is 1.95 bits per heavy atom. The van der Waals surface area contributed by atoms with Crippen LogP contribution in [0.1, 0.15) is 20.3 Å². The highest BCUT2D eigenvalue weighted by atomic mass is 19.4. The number of hydrogen-bond acceptors (Lipinski definition) is 5. The van der Waals surface area contributed by atoms with Crippen LogP contribution in [0.15, 0.2) is 0 Å². The van der Waals surface area contributed by atoms with E-state index in [1.807, 2.05) is 5.32 Å². The molecule has 0 spiro atoms. The molecule has 1 heterocycles. The number of alkyl halides is 3. The molecule has 20 heavy (non-hydrogen) atoms. The molecule has 9 heteroatoms. The fraction of sp³-hybridized carbons (Fsp3) is 0.818. The summed E-state index contributed by atoms with van der Waals surface area (Å²) in [4.78, 5) is 22.0. The molecule has 0 radical (unpaired) electrons. The molecule has 0 aromatic heterocycles. The van der Waals surface area contributed by atoms with Crippen LogP contribution >= 0.6 is 0 Å². The molecular formula is C11H16F3NO5. The van der Waals surface area contributed by atoms with Gasteiger partial charge in [-0.25, -0.2) is 0 Å². The standard InChI is InChI=1S/C11H16F3NO5/c1-5-9(20-6(2)16)7(4-8(18-3)19-5)15-10(17)11(12,13)14/h5,7-9H,4H2,1-3H3,(H,15,17)/t5-,7-,8?,9+/m0/s1. The van der Waals surface area contributed by atoms with Gasteiger partial charge in [0.1, 0.15) is 6.10 Å². The van der Waals surface area contributed by atoms with Crippen molar-refractivity contribution in [3.63, 3.8) is 0 Å². The van der Waals surface area contributed by atoms with Gasteiger partial charge in [-0.2, -0.15) is 13.2 Å². The molecule has 1 aliphatic heterocycles. The fourth-order valence-corrected chi connectivity index (χ4v) is 1.95. The number of hydrogen-bond donors (Lipinski definition) is 1. The molecule has 6 nitrogen and oxygen atoms in total. The van der Waals surface area contributed by atoms with Gasteiger partial charge < -0.3 is 19.5 Å². The number of halogens is 3. The van der Waals surface area contributed by atoms with Crippen LogP contribution in [0.2, 0.25) is 0 Å². The van der Waals surface area contributed by atoms with Crippen molar-refractivity contribution in [2.24, 2.45) is 0 Å². The second kappa shape index (κ2) is 6.40. The van der Waals surface area contributed by atoms with Crippen molar-refractivity contribution in [3.8, 4) is 0 Å². The molecule has 1 fully saturated rings. The first kappa shape index (κ1) is 16.7. The predicted octanol–water partition coefficient (Wildman–Crippen LogP) is 0.746. The first-order valence-corrected chi connectivity index (χ1v) is 5.88. The highest BCUT2D eigenvalue weighted by molar-refractivity contribution is 5.82. The Balaban J connectivity index is 2.83. The minimum Gasteiger partial charge on any atom is -0.458 e. The third-order valence-electron chi connectivity index (χ3n) is 2.81. The van der Waals surface area contributed by atoms with Crippen LogP contribution in [0.4, 0.5) is 13.2 Å². The lowest BCUT2D eigenvalue weighted by Gasteiger charge is -2.39. The lowest BCUT2D eigenvalue weighted by Crippen LogP contribution is -2.58. The largest absolute Gasteiger partial charge is 0.471 e. The molecule has 1 saturated heterocycles. The molecule has 0 aromatic rings. The van der Waals surface area contributed by atoms with E-state index in [0.717, 1.165) is 6.92 Å². The van der Waals surface area contributed by atoms with Crippen LogP contribution in [-0.2, 0) is 23.8 Å². The SMILES string of the molecule is COC1C[C@H](NC(=O)C(F)(F)F)[C@H](OC(C)=O)[C@H](C)O1. The predicted molar refractivity (Wildman–Crippen MR) is 59.5 cm³/mol. The van der Waals surface area contributed by atoms with Gasteiger partial charge in [-0.1, -0.05) is 0 Å². The molecule has 4 atom stereocenters. The van der Waals surface area contributed by atoms with Crippen LogP contribution < -0.4 is 5.32 Å². The molecule has 1 aliphatic rings. The molecule has 1 unspecified atom stereocenters. The molecule has 0 saturated carbocycles. The van der Waals surface area contributed by atoms with Gasteiger partial charge in [0.25, 0.3) is 0 Å². The minimum absolute atomic E-state index is 0.0550. The zero-order valence-electron chi connectivity index (χ0n) is 11.2. The average Bonchev–Trinajstić information content (AvgIpc) is 2.31. The molecule has 1 N–H and O–H groups in total. The molecule has 1 amide bonds. The van der Waals surface area contributed by atoms with Gasteiger partial charge in [-0.3, -0.25) is 9.59 Å². The van der Waals surface area contributed by atoms with E-state index in [2.05, 4.69) is 0 Å². The number of esters is 1. The van der Waals surface area contributed by atoms with Crippen molar-refractivity contribution in [2.45, 2.75) is 51.0 Å². The maximum Gasteiger partial charge on any atom is 0.471 e. The minimum atomic E-state index is -5.01. The molecule has 1 rings (SSSR count). The van der Waals surface area contributed by atoms with Crippen molar-refractivity contribution >= 4 is 11.9 Å². The van der Waals surface area contributed by atoms with Crippen molar-refractivity contribution in [1.29, 1.82) is 0 Å². The number of carbonyl (C=O) groups excluding carboxylic acids is 2. The first-order chi connectivity index (χ1) is 9.15. The van der Waals surface area contributed by atoms with Crippen molar-refractivity contribution in [3.05, 3.63) is 0 Å². The molecular weight excluding hydrogens is 283 g/mol. The van der Waals surface area contributed by atoms with Gasteiger partial charge in [0.2, 0.25) is 0 Å². The Bertz CT molecular complexity index is 374. The van der Waals surface area contributed by atoms with Crippen molar-refractivity contribution in [1.82, 2.24) is 5.32 Å². The number of amides is 1. The number of rotatable bonds is 3. The summed E-state index contributed by atoms with van der Waals surface area (Å²) in [6.45, 7) is 2.64. The lowest BCUT2D eigenvalue weighted by molar-refractivity contribution is -0.226. The third-order valence-corrected chi connectivity index (χ3v) is 2.81. The monoisotopic (exact) mass is 299 g/mol. The number of nitrogens with one attached hydrogen (secondary N) is 1. The van der Waals surface area contributed by atoms with Gasteiger partial charge in [-0.15, -0.1) is 0 Å². The summed E-state index contributed by atoms with van der Waals surface area (Å²) in [6, 6.07) is -1.04. The van der Waals surface area contributed by atoms with Gasteiger partial charge in [0, 0.05) is 20.5 Å². The van der Waals surface area contributed by atoms with Gasteiger partial charge in [0.15, 0.2) is 6.29 Å². The summed E-state index contributed by atoms with van der Waals surface area (Å²) in [5, 5.41) is 1.81. The van der Waals surface area contributed by atoms with Crippen LogP contribution in [0, 0.1) is 0 Å². The molecule has 116 valence electrons. The summed E-state index contributed by atoms with van der Waals surface area (Å²) in [5.41, 5.74) is 0. The van der Waals surface area contributed by atoms with E-state index >= 15 is 0 Å². The van der Waals surface area contributed by atoms with E-state index in [4.69, 9.17) is 14.2 Å². The van der Waals surface area contributed by atoms with Crippen LogP contribution in [-0.4, -0.2) is 49.7 Å². The van der Waals surface area contributed by atoms with E-state index in [0.29, 0.717) is 0 Å². The molecule has 0 aromatic carbocycles. The summed E-state index contributed by atoms with van der Waals surface area (Å²) >= 11 is 0. The van der Waals surface area contributed by atoms with E-state index in [9.17, 15) is 22.8 Å². The van der Waals surface area contributed by atoms with Crippen LogP contribution in [0.25, 0.3) is 0 Å². The highest BCUT2D eigenvalue weighted by Gasteiger charge is 2.45. The van der Waals surface area contributed by atoms with E-state index in [1.165, 1.54) is 14.0 Å². The second-order valence-electron chi connectivity index (χ2n) is 4.39. The highest BCUT2D eigenvalue weighted by Crippen LogP contribution is 2.25. The Labute approximate surface area is 113 Å². The smallest absolute Gasteiger partial charge is 0.458 e. The third kappa shape index (κ3) is 4.34. The number of methoxy groups -OCH3 is 1. The summed E-state index contributed by atoms with van der Waals surface area (Å²) in [6.07, 6.45) is -7.57. The maximum atomic E-state index is 12.3. The topological polar surface area (TPSA) is 73.9 Å². The van der Waals surface area contributed by atoms with Gasteiger partial charge in [-0.05, 0) is 6.92 Å². The Hall–Kier alpha value is -1.35. The Kier molecular flexibility index (Phi) is 5.35. The molecule has 0 bridgehead atoms. The molecule has 0 aliphatic carbocycles. The summed E-state index contributed by atoms with van der Waals surface area (Å²) in [5.74, 6) is -2.77. The number of ether oxygens (including phenoxy) is 3. The quantitative estimate of drug-likeness (QED) is 0.778. The Morgan fingerprint density at radius 3 is 2.40 bits per heavy atom. The van der Waals surface area contributed by atoms with Gasteiger partial charge in [0.05, 0.1) is 12.1 Å². The average molecular weight is 299 g/mol. The first-order valence-electron chi connectivity index (χ1n) is 5.88. The maximum absolute atomic E-state index is 12.3. The zero-order valence-corrected chi connectivity index (χ0v) is 11.2. The van der Waals surface area contributed by atoms with Gasteiger partial charge >= 0.3 is 18.1 Å². The van der Waals surface area contributed by atoms with Crippen LogP contribution in [0.5, 0.6) is 0 Å². The van der Waals surface area contributed by atoms with Crippen LogP contribution in [0.3, 0.4) is 0 Å². The zero-order chi connectivity index (χ0) is 15.5. The summed E-state index contributed by atoms with van der Waals surface area (Å²) < 4.78 is 52.0. The Morgan fingerprint density at radius 1 is 1.35 bits per heavy atom. The fourth-order valence-electron chi connectivity index (χ4n) is 1.95. The van der Waals surface area contributed by atoms with E-state index < -0.39 is 42.6 Å². The van der Waals surface area contributed by atoms with E-state index in [1.54, 1.807) is 0 Å². The van der Waals surface area contributed by atoms with Crippen molar-refractivity contribution < 1.29 is 37.0 Å². The normalized spacial score (nSPS) is 30.7.